The van der Waals surface area contributed by atoms with Crippen molar-refractivity contribution in [3.05, 3.63) is 70.7 Å². The molecule has 0 saturated heterocycles. The third-order valence-corrected chi connectivity index (χ3v) is 6.85. The van der Waals surface area contributed by atoms with Gasteiger partial charge in [-0.1, -0.05) is 80.3 Å². The van der Waals surface area contributed by atoms with Crippen molar-refractivity contribution in [3.8, 4) is 6.07 Å². The van der Waals surface area contributed by atoms with E-state index in [9.17, 15) is 5.26 Å². The van der Waals surface area contributed by atoms with Crippen LogP contribution in [0.2, 0.25) is 5.02 Å². The van der Waals surface area contributed by atoms with E-state index in [0.29, 0.717) is 5.92 Å². The van der Waals surface area contributed by atoms with Crippen LogP contribution < -0.4 is 0 Å². The first-order valence-corrected chi connectivity index (χ1v) is 11.5. The summed E-state index contributed by atoms with van der Waals surface area (Å²) in [6.45, 7) is 5.25. The molecule has 1 aliphatic carbocycles. The lowest BCUT2D eigenvalue weighted by molar-refractivity contribution is 0.215. The zero-order valence-electron chi connectivity index (χ0n) is 17.6. The molecular formula is C26H33ClN2. The van der Waals surface area contributed by atoms with E-state index in [2.05, 4.69) is 60.4 Å². The van der Waals surface area contributed by atoms with E-state index in [1.807, 2.05) is 12.1 Å². The molecule has 0 N–H and O–H groups in total. The summed E-state index contributed by atoms with van der Waals surface area (Å²) in [6.07, 6.45) is 8.08. The van der Waals surface area contributed by atoms with Crippen molar-refractivity contribution in [2.75, 3.05) is 13.1 Å². The third kappa shape index (κ3) is 5.62. The number of hydrogen-bond donors (Lipinski definition) is 0. The molecule has 0 bridgehead atoms. The van der Waals surface area contributed by atoms with Crippen molar-refractivity contribution in [2.45, 2.75) is 63.8 Å². The number of nitriles is 1. The summed E-state index contributed by atoms with van der Waals surface area (Å²) >= 11 is 6.14. The molecule has 0 aliphatic heterocycles. The summed E-state index contributed by atoms with van der Waals surface area (Å²) in [5.41, 5.74) is 2.12. The average Bonchev–Trinajstić information content (AvgIpc) is 2.78. The summed E-state index contributed by atoms with van der Waals surface area (Å²) in [6, 6.07) is 21.5. The lowest BCUT2D eigenvalue weighted by atomic mass is 9.63. The highest BCUT2D eigenvalue weighted by Gasteiger charge is 2.40. The Kier molecular flexibility index (Phi) is 8.16. The van der Waals surface area contributed by atoms with Crippen LogP contribution in [-0.2, 0) is 12.0 Å². The average molecular weight is 409 g/mol. The van der Waals surface area contributed by atoms with Gasteiger partial charge in [-0.3, -0.25) is 4.90 Å². The molecule has 1 aliphatic rings. The van der Waals surface area contributed by atoms with Gasteiger partial charge in [-0.2, -0.15) is 5.26 Å². The van der Waals surface area contributed by atoms with Gasteiger partial charge in [-0.05, 0) is 68.0 Å². The van der Waals surface area contributed by atoms with Gasteiger partial charge in [0, 0.05) is 11.6 Å². The van der Waals surface area contributed by atoms with Gasteiger partial charge in [-0.25, -0.2) is 0 Å². The van der Waals surface area contributed by atoms with E-state index in [1.54, 1.807) is 0 Å². The van der Waals surface area contributed by atoms with Crippen molar-refractivity contribution < 1.29 is 0 Å². The molecule has 2 aromatic rings. The summed E-state index contributed by atoms with van der Waals surface area (Å²) < 4.78 is 0. The Bertz CT molecular complexity index is 775. The van der Waals surface area contributed by atoms with Crippen LogP contribution in [0.3, 0.4) is 0 Å². The van der Waals surface area contributed by atoms with Crippen molar-refractivity contribution >= 4 is 11.6 Å². The fraction of sp³-hybridized carbons (Fsp3) is 0.500. The first-order valence-electron chi connectivity index (χ1n) is 11.1. The maximum Gasteiger partial charge on any atom is 0.0850 e. The van der Waals surface area contributed by atoms with Crippen LogP contribution in [0.15, 0.2) is 54.6 Å². The van der Waals surface area contributed by atoms with E-state index in [1.165, 1.54) is 24.8 Å². The largest absolute Gasteiger partial charge is 0.299 e. The van der Waals surface area contributed by atoms with Crippen molar-refractivity contribution in [2.24, 2.45) is 5.92 Å². The molecule has 154 valence electrons. The van der Waals surface area contributed by atoms with E-state index >= 15 is 0 Å². The summed E-state index contributed by atoms with van der Waals surface area (Å²) in [5.74, 6) is 0.451. The number of halogens is 1. The molecule has 1 atom stereocenters. The number of benzene rings is 2. The van der Waals surface area contributed by atoms with Crippen LogP contribution in [0.1, 0.15) is 63.0 Å². The minimum atomic E-state index is -0.392. The minimum absolute atomic E-state index is 0.392. The van der Waals surface area contributed by atoms with Gasteiger partial charge in [0.25, 0.3) is 0 Å². The zero-order chi connectivity index (χ0) is 20.5. The fourth-order valence-electron chi connectivity index (χ4n) is 4.91. The van der Waals surface area contributed by atoms with Gasteiger partial charge in [0.2, 0.25) is 0 Å². The Morgan fingerprint density at radius 2 is 1.72 bits per heavy atom. The highest BCUT2D eigenvalue weighted by molar-refractivity contribution is 6.30. The molecular weight excluding hydrogens is 376 g/mol. The fourth-order valence-corrected chi connectivity index (χ4v) is 5.04. The number of rotatable bonds is 9. The number of nitrogens with zero attached hydrogens (tertiary/aromatic N) is 2. The van der Waals surface area contributed by atoms with Crippen LogP contribution in [0.5, 0.6) is 0 Å². The van der Waals surface area contributed by atoms with Crippen LogP contribution in [0.4, 0.5) is 0 Å². The highest BCUT2D eigenvalue weighted by Crippen LogP contribution is 2.44. The SMILES string of the molecule is CCN(CCCC(C#N)(c1ccc(Cl)cc1)C1CCCCC1)Cc1ccccc1. The van der Waals surface area contributed by atoms with E-state index < -0.39 is 5.41 Å². The Balaban J connectivity index is 1.72. The molecule has 1 unspecified atom stereocenters. The Hall–Kier alpha value is -1.82. The van der Waals surface area contributed by atoms with Gasteiger partial charge in [-0.15, -0.1) is 0 Å². The monoisotopic (exact) mass is 408 g/mol. The lowest BCUT2D eigenvalue weighted by Crippen LogP contribution is -2.36. The van der Waals surface area contributed by atoms with Gasteiger partial charge >= 0.3 is 0 Å². The molecule has 1 saturated carbocycles. The number of hydrogen-bond acceptors (Lipinski definition) is 2. The molecule has 0 amide bonds. The summed E-state index contributed by atoms with van der Waals surface area (Å²) in [7, 11) is 0. The van der Waals surface area contributed by atoms with Crippen molar-refractivity contribution in [3.63, 3.8) is 0 Å². The molecule has 0 aromatic heterocycles. The maximum atomic E-state index is 10.4. The van der Waals surface area contributed by atoms with Crippen LogP contribution in [0.25, 0.3) is 0 Å². The van der Waals surface area contributed by atoms with Crippen LogP contribution in [0, 0.1) is 17.2 Å². The van der Waals surface area contributed by atoms with Gasteiger partial charge in [0.15, 0.2) is 0 Å². The Morgan fingerprint density at radius 3 is 2.34 bits per heavy atom. The second-order valence-electron chi connectivity index (χ2n) is 8.38. The van der Waals surface area contributed by atoms with Gasteiger partial charge in [0.1, 0.15) is 0 Å². The topological polar surface area (TPSA) is 27.0 Å². The molecule has 2 nitrogen and oxygen atoms in total. The summed E-state index contributed by atoms with van der Waals surface area (Å²) in [5, 5.41) is 11.2. The second-order valence-corrected chi connectivity index (χ2v) is 8.82. The first-order chi connectivity index (χ1) is 14.2. The van der Waals surface area contributed by atoms with Gasteiger partial charge < -0.3 is 0 Å². The minimum Gasteiger partial charge on any atom is -0.299 e. The quantitative estimate of drug-likeness (QED) is 0.447. The zero-order valence-corrected chi connectivity index (χ0v) is 18.4. The standard InChI is InChI=1S/C26H33ClN2/c1-2-29(20-22-10-5-3-6-11-22)19-9-18-26(21-28,23-12-7-4-8-13-23)24-14-16-25(27)17-15-24/h3,5-6,10-11,14-17,23H,2,4,7-9,12-13,18-20H2,1H3. The molecule has 0 radical (unpaired) electrons. The van der Waals surface area contributed by atoms with E-state index in [4.69, 9.17) is 11.6 Å². The normalized spacial score (nSPS) is 17.0. The van der Waals surface area contributed by atoms with E-state index in [-0.39, 0.29) is 0 Å². The molecule has 0 heterocycles. The molecule has 2 aromatic carbocycles. The third-order valence-electron chi connectivity index (χ3n) is 6.60. The predicted octanol–water partition coefficient (Wildman–Crippen LogP) is 6.98. The lowest BCUT2D eigenvalue weighted by Gasteiger charge is -2.38. The maximum absolute atomic E-state index is 10.4. The Labute approximate surface area is 181 Å². The Morgan fingerprint density at radius 1 is 1.03 bits per heavy atom. The first kappa shape index (κ1) is 21.9. The second kappa shape index (κ2) is 10.8. The van der Waals surface area contributed by atoms with Crippen LogP contribution >= 0.6 is 11.6 Å². The molecule has 3 rings (SSSR count). The highest BCUT2D eigenvalue weighted by atomic mass is 35.5. The molecule has 29 heavy (non-hydrogen) atoms. The molecule has 3 heteroatoms. The van der Waals surface area contributed by atoms with E-state index in [0.717, 1.165) is 55.9 Å². The smallest absolute Gasteiger partial charge is 0.0850 e. The molecule has 1 fully saturated rings. The van der Waals surface area contributed by atoms with Crippen molar-refractivity contribution in [1.82, 2.24) is 4.90 Å². The molecule has 0 spiro atoms. The summed E-state index contributed by atoms with van der Waals surface area (Å²) in [4.78, 5) is 2.49. The van der Waals surface area contributed by atoms with Gasteiger partial charge in [0.05, 0.1) is 11.5 Å². The predicted molar refractivity (Wildman–Crippen MR) is 122 cm³/mol. The van der Waals surface area contributed by atoms with Crippen molar-refractivity contribution in [1.29, 1.82) is 5.26 Å². The van der Waals surface area contributed by atoms with Crippen LogP contribution in [-0.4, -0.2) is 18.0 Å².